The molecule has 0 bridgehead atoms. The van der Waals surface area contributed by atoms with E-state index in [-0.39, 0.29) is 5.91 Å². The summed E-state index contributed by atoms with van der Waals surface area (Å²) in [6.45, 7) is 1.43. The van der Waals surface area contributed by atoms with Gasteiger partial charge in [-0.05, 0) is 59.0 Å². The van der Waals surface area contributed by atoms with Crippen LogP contribution < -0.4 is 5.43 Å². The normalized spacial score (nSPS) is 10.8. The first kappa shape index (κ1) is 12.8. The maximum Gasteiger partial charge on any atom is 0.236 e. The topological polar surface area (TPSA) is 46.4 Å². The highest BCUT2D eigenvalue weighted by molar-refractivity contribution is 14.1. The quantitative estimate of drug-likeness (QED) is 0.515. The lowest BCUT2D eigenvalue weighted by atomic mass is 10.3. The number of nitrogens with one attached hydrogen (secondary N) is 1. The summed E-state index contributed by atoms with van der Waals surface area (Å²) in [7, 11) is 0. The van der Waals surface area contributed by atoms with E-state index in [2.05, 4.69) is 33.1 Å². The van der Waals surface area contributed by atoms with Crippen LogP contribution in [0.3, 0.4) is 0 Å². The molecule has 0 saturated carbocycles. The Morgan fingerprint density at radius 3 is 2.72 bits per heavy atom. The molecule has 1 amide bonds. The van der Waals surface area contributed by atoms with Gasteiger partial charge >= 0.3 is 0 Å². The van der Waals surface area contributed by atoms with Gasteiger partial charge in [0.1, 0.15) is 0 Å². The molecule has 1 aromatic heterocycles. The van der Waals surface area contributed by atoms with Gasteiger partial charge in [-0.2, -0.15) is 5.10 Å². The van der Waals surface area contributed by atoms with Crippen molar-refractivity contribution in [2.24, 2.45) is 5.10 Å². The molecule has 0 spiro atoms. The molecule has 0 aliphatic heterocycles. The van der Waals surface area contributed by atoms with E-state index >= 15 is 0 Å². The van der Waals surface area contributed by atoms with E-state index in [1.165, 1.54) is 10.5 Å². The van der Waals surface area contributed by atoms with Gasteiger partial charge in [-0.1, -0.05) is 0 Å². The van der Waals surface area contributed by atoms with Crippen LogP contribution in [-0.2, 0) is 4.79 Å². The highest BCUT2D eigenvalue weighted by atomic mass is 127. The van der Waals surface area contributed by atoms with Crippen LogP contribution >= 0.6 is 22.6 Å². The van der Waals surface area contributed by atoms with Crippen molar-refractivity contribution in [1.29, 1.82) is 0 Å². The summed E-state index contributed by atoms with van der Waals surface area (Å²) >= 11 is 2.27. The second-order valence-electron chi connectivity index (χ2n) is 3.71. The highest BCUT2D eigenvalue weighted by Gasteiger charge is 2.00. The molecular weight excluding hydrogens is 341 g/mol. The first-order valence-corrected chi connectivity index (χ1v) is 6.47. The molecule has 1 heterocycles. The third-order valence-electron chi connectivity index (χ3n) is 2.30. The maximum atomic E-state index is 10.7. The Hall–Kier alpha value is -1.63. The van der Waals surface area contributed by atoms with E-state index in [0.29, 0.717) is 0 Å². The van der Waals surface area contributed by atoms with Gasteiger partial charge in [-0.15, -0.1) is 0 Å². The predicted octanol–water partition coefficient (Wildman–Crippen LogP) is 2.55. The minimum absolute atomic E-state index is 0.182. The third kappa shape index (κ3) is 3.19. The fourth-order valence-electron chi connectivity index (χ4n) is 1.53. The smallest absolute Gasteiger partial charge is 0.236 e. The van der Waals surface area contributed by atoms with Crippen molar-refractivity contribution in [3.8, 4) is 5.69 Å². The summed E-state index contributed by atoms with van der Waals surface area (Å²) in [6.07, 6.45) is 3.58. The first-order chi connectivity index (χ1) is 8.66. The molecular formula is C13H12IN3O. The van der Waals surface area contributed by atoms with Crippen molar-refractivity contribution in [3.05, 3.63) is 51.9 Å². The van der Waals surface area contributed by atoms with Crippen molar-refractivity contribution >= 4 is 34.7 Å². The average molecular weight is 353 g/mol. The Kier molecular flexibility index (Phi) is 4.14. The molecule has 0 atom stereocenters. The minimum Gasteiger partial charge on any atom is -0.316 e. The third-order valence-corrected chi connectivity index (χ3v) is 3.02. The standard InChI is InChI=1S/C13H12IN3O/c1-10(18)16-15-9-13-3-2-8-17(13)12-6-4-11(14)5-7-12/h2-9H,1H3,(H,16,18)/b15-9+. The number of hydrogen-bond donors (Lipinski definition) is 1. The van der Waals surface area contributed by atoms with Gasteiger partial charge in [0.2, 0.25) is 5.91 Å². The lowest BCUT2D eigenvalue weighted by Crippen LogP contribution is -2.12. The predicted molar refractivity (Wildman–Crippen MR) is 79.9 cm³/mol. The fourth-order valence-corrected chi connectivity index (χ4v) is 1.89. The zero-order chi connectivity index (χ0) is 13.0. The van der Waals surface area contributed by atoms with Gasteiger partial charge in [0.25, 0.3) is 0 Å². The van der Waals surface area contributed by atoms with E-state index in [0.717, 1.165) is 11.4 Å². The number of hydrazone groups is 1. The lowest BCUT2D eigenvalue weighted by molar-refractivity contribution is -0.118. The molecule has 1 aromatic carbocycles. The molecule has 0 saturated heterocycles. The van der Waals surface area contributed by atoms with E-state index in [4.69, 9.17) is 0 Å². The first-order valence-electron chi connectivity index (χ1n) is 5.40. The van der Waals surface area contributed by atoms with Gasteiger partial charge in [0, 0.05) is 22.4 Å². The Bertz CT molecular complexity index is 572. The zero-order valence-corrected chi connectivity index (χ0v) is 12.0. The van der Waals surface area contributed by atoms with Crippen molar-refractivity contribution in [2.75, 3.05) is 0 Å². The van der Waals surface area contributed by atoms with Crippen molar-refractivity contribution in [3.63, 3.8) is 0 Å². The van der Waals surface area contributed by atoms with Crippen molar-refractivity contribution in [2.45, 2.75) is 6.92 Å². The number of amides is 1. The second kappa shape index (κ2) is 5.81. The Balaban J connectivity index is 2.24. The van der Waals surface area contributed by atoms with Crippen LogP contribution in [0.4, 0.5) is 0 Å². The summed E-state index contributed by atoms with van der Waals surface area (Å²) < 4.78 is 3.19. The number of carbonyl (C=O) groups excluding carboxylic acids is 1. The number of carbonyl (C=O) groups is 1. The van der Waals surface area contributed by atoms with Gasteiger partial charge in [0.15, 0.2) is 0 Å². The minimum atomic E-state index is -0.182. The molecule has 2 aromatic rings. The Labute approximate surface area is 119 Å². The van der Waals surface area contributed by atoms with Crippen LogP contribution in [0.2, 0.25) is 0 Å². The van der Waals surface area contributed by atoms with Gasteiger partial charge < -0.3 is 4.57 Å². The summed E-state index contributed by atoms with van der Waals surface area (Å²) in [5.41, 5.74) is 4.35. The molecule has 18 heavy (non-hydrogen) atoms. The maximum absolute atomic E-state index is 10.7. The molecule has 0 fully saturated rings. The van der Waals surface area contributed by atoms with Gasteiger partial charge in [-0.25, -0.2) is 5.43 Å². The fraction of sp³-hybridized carbons (Fsp3) is 0.0769. The largest absolute Gasteiger partial charge is 0.316 e. The SMILES string of the molecule is CC(=O)N/N=C/c1cccn1-c1ccc(I)cc1. The van der Waals surface area contributed by atoms with E-state index in [1.807, 2.05) is 47.2 Å². The van der Waals surface area contributed by atoms with Crippen LogP contribution in [0.5, 0.6) is 0 Å². The zero-order valence-electron chi connectivity index (χ0n) is 9.80. The summed E-state index contributed by atoms with van der Waals surface area (Å²) in [6, 6.07) is 12.0. The second-order valence-corrected chi connectivity index (χ2v) is 4.95. The molecule has 0 radical (unpaired) electrons. The van der Waals surface area contributed by atoms with Crippen molar-refractivity contribution in [1.82, 2.24) is 9.99 Å². The number of halogens is 1. The summed E-state index contributed by atoms with van der Waals surface area (Å²) in [4.78, 5) is 10.7. The molecule has 0 unspecified atom stereocenters. The van der Waals surface area contributed by atoms with Crippen LogP contribution in [-0.4, -0.2) is 16.7 Å². The van der Waals surface area contributed by atoms with Crippen LogP contribution in [0.15, 0.2) is 47.7 Å². The number of rotatable bonds is 3. The van der Waals surface area contributed by atoms with Gasteiger partial charge in [-0.3, -0.25) is 4.79 Å². The van der Waals surface area contributed by atoms with E-state index in [9.17, 15) is 4.79 Å². The number of aromatic nitrogens is 1. The Morgan fingerprint density at radius 2 is 2.06 bits per heavy atom. The van der Waals surface area contributed by atoms with Gasteiger partial charge in [0.05, 0.1) is 11.9 Å². The lowest BCUT2D eigenvalue weighted by Gasteiger charge is -2.06. The molecule has 0 aliphatic rings. The van der Waals surface area contributed by atoms with Crippen LogP contribution in [0, 0.1) is 3.57 Å². The summed E-state index contributed by atoms with van der Waals surface area (Å²) in [5, 5.41) is 3.87. The molecule has 1 N–H and O–H groups in total. The van der Waals surface area contributed by atoms with Crippen LogP contribution in [0.1, 0.15) is 12.6 Å². The number of hydrogen-bond acceptors (Lipinski definition) is 2. The van der Waals surface area contributed by atoms with Crippen LogP contribution in [0.25, 0.3) is 5.69 Å². The van der Waals surface area contributed by atoms with E-state index < -0.39 is 0 Å². The number of nitrogens with zero attached hydrogens (tertiary/aromatic N) is 2. The molecule has 92 valence electrons. The molecule has 2 rings (SSSR count). The summed E-state index contributed by atoms with van der Waals surface area (Å²) in [5.74, 6) is -0.182. The van der Waals surface area contributed by atoms with Crippen molar-refractivity contribution < 1.29 is 4.79 Å². The molecule has 4 nitrogen and oxygen atoms in total. The average Bonchev–Trinajstić information content (AvgIpc) is 2.78. The number of benzene rings is 1. The Morgan fingerprint density at radius 1 is 1.33 bits per heavy atom. The van der Waals surface area contributed by atoms with E-state index in [1.54, 1.807) is 6.21 Å². The molecule has 5 heteroatoms. The monoisotopic (exact) mass is 353 g/mol. The molecule has 0 aliphatic carbocycles. The highest BCUT2D eigenvalue weighted by Crippen LogP contribution is 2.13.